The van der Waals surface area contributed by atoms with Gasteiger partial charge in [0.15, 0.2) is 5.12 Å². The van der Waals surface area contributed by atoms with E-state index in [0.717, 1.165) is 37.6 Å². The molecule has 0 aromatic carbocycles. The quantitative estimate of drug-likeness (QED) is 0.745. The molecule has 1 heterocycles. The first-order valence-corrected chi connectivity index (χ1v) is 6.79. The molecule has 6 heteroatoms. The van der Waals surface area contributed by atoms with Gasteiger partial charge in [-0.3, -0.25) is 14.9 Å². The highest BCUT2D eigenvalue weighted by Gasteiger charge is 2.21. The highest BCUT2D eigenvalue weighted by atomic mass is 32.2. The van der Waals surface area contributed by atoms with Gasteiger partial charge in [-0.15, -0.1) is 0 Å². The van der Waals surface area contributed by atoms with Crippen molar-refractivity contribution in [3.63, 3.8) is 0 Å². The summed E-state index contributed by atoms with van der Waals surface area (Å²) in [6, 6.07) is 0. The second kappa shape index (κ2) is 7.68. The van der Waals surface area contributed by atoms with Gasteiger partial charge in [0, 0.05) is 12.7 Å². The van der Waals surface area contributed by atoms with Crippen LogP contribution in [0, 0.1) is 5.92 Å². The largest absolute Gasteiger partial charge is 0.481 e. The Labute approximate surface area is 105 Å². The van der Waals surface area contributed by atoms with Crippen LogP contribution < -0.4 is 5.32 Å². The maximum Gasteiger partial charge on any atom is 0.309 e. The zero-order valence-corrected chi connectivity index (χ0v) is 10.8. The molecule has 0 bridgehead atoms. The number of ether oxygens (including phenoxy) is 1. The van der Waals surface area contributed by atoms with E-state index in [1.807, 2.05) is 0 Å². The van der Waals surface area contributed by atoms with Crippen LogP contribution in [0.3, 0.4) is 0 Å². The van der Waals surface area contributed by atoms with Crippen LogP contribution in [-0.4, -0.2) is 41.3 Å². The third kappa shape index (κ3) is 6.05. The average Bonchev–Trinajstić information content (AvgIpc) is 2.29. The minimum Gasteiger partial charge on any atom is -0.481 e. The van der Waals surface area contributed by atoms with Crippen molar-refractivity contribution < 1.29 is 19.4 Å². The Hall–Kier alpha value is -0.590. The number of hydrogen-bond acceptors (Lipinski definition) is 5. The van der Waals surface area contributed by atoms with Crippen molar-refractivity contribution in [1.29, 1.82) is 0 Å². The van der Waals surface area contributed by atoms with E-state index in [0.29, 0.717) is 0 Å². The van der Waals surface area contributed by atoms with E-state index < -0.39 is 11.9 Å². The summed E-state index contributed by atoms with van der Waals surface area (Å²) in [5.74, 6) is -1.25. The first kappa shape index (κ1) is 14.5. The van der Waals surface area contributed by atoms with Gasteiger partial charge < -0.3 is 9.84 Å². The molecule has 98 valence electrons. The Kier molecular flexibility index (Phi) is 6.54. The summed E-state index contributed by atoms with van der Waals surface area (Å²) in [5.41, 5.74) is 0. The molecule has 0 spiro atoms. The maximum absolute atomic E-state index is 11.0. The van der Waals surface area contributed by atoms with Gasteiger partial charge in [0.05, 0.1) is 12.5 Å². The highest BCUT2D eigenvalue weighted by Crippen LogP contribution is 2.13. The number of carboxylic acid groups (broad SMARTS) is 1. The van der Waals surface area contributed by atoms with Crippen LogP contribution in [0.15, 0.2) is 0 Å². The van der Waals surface area contributed by atoms with Crippen molar-refractivity contribution >= 4 is 22.8 Å². The van der Waals surface area contributed by atoms with Crippen LogP contribution in [-0.2, 0) is 14.3 Å². The van der Waals surface area contributed by atoms with Gasteiger partial charge >= 0.3 is 5.97 Å². The second-order valence-electron chi connectivity index (χ2n) is 4.11. The lowest BCUT2D eigenvalue weighted by Gasteiger charge is -2.25. The summed E-state index contributed by atoms with van der Waals surface area (Å²) in [6.07, 6.45) is 3.14. The van der Waals surface area contributed by atoms with Gasteiger partial charge in [-0.2, -0.15) is 0 Å². The van der Waals surface area contributed by atoms with Crippen LogP contribution in [0.25, 0.3) is 0 Å². The smallest absolute Gasteiger partial charge is 0.309 e. The summed E-state index contributed by atoms with van der Waals surface area (Å²) in [6.45, 7) is 2.52. The third-order valence-electron chi connectivity index (χ3n) is 2.60. The molecule has 0 aromatic rings. The Morgan fingerprint density at radius 1 is 1.53 bits per heavy atom. The van der Waals surface area contributed by atoms with Crippen molar-refractivity contribution in [2.24, 2.45) is 5.92 Å². The van der Waals surface area contributed by atoms with Gasteiger partial charge in [0.1, 0.15) is 6.23 Å². The van der Waals surface area contributed by atoms with E-state index in [-0.39, 0.29) is 23.7 Å². The number of aliphatic carboxylic acids is 1. The Morgan fingerprint density at radius 3 is 2.82 bits per heavy atom. The SMILES string of the molecule is CC(=O)SCC(COC1CCCCN1)C(=O)O. The highest BCUT2D eigenvalue weighted by molar-refractivity contribution is 8.13. The lowest BCUT2D eigenvalue weighted by atomic mass is 10.1. The molecule has 17 heavy (non-hydrogen) atoms. The first-order chi connectivity index (χ1) is 8.09. The van der Waals surface area contributed by atoms with Gasteiger partial charge in [-0.05, 0) is 25.8 Å². The van der Waals surface area contributed by atoms with Gasteiger partial charge in [0.2, 0.25) is 0 Å². The molecule has 0 amide bonds. The molecular weight excluding hydrogens is 242 g/mol. The summed E-state index contributed by atoms with van der Waals surface area (Å²) < 4.78 is 5.52. The Balaban J connectivity index is 2.27. The molecule has 1 aliphatic rings. The van der Waals surface area contributed by atoms with Crippen molar-refractivity contribution in [1.82, 2.24) is 5.32 Å². The topological polar surface area (TPSA) is 75.6 Å². The Morgan fingerprint density at radius 2 is 2.29 bits per heavy atom. The lowest BCUT2D eigenvalue weighted by molar-refractivity contribution is -0.144. The number of piperidine rings is 1. The van der Waals surface area contributed by atoms with Gasteiger partial charge in [0.25, 0.3) is 0 Å². The molecular formula is C11H19NO4S. The molecule has 2 N–H and O–H groups in total. The summed E-state index contributed by atoms with van der Waals surface area (Å²) in [7, 11) is 0. The van der Waals surface area contributed by atoms with Gasteiger partial charge in [-0.25, -0.2) is 0 Å². The zero-order valence-electron chi connectivity index (χ0n) is 9.98. The molecule has 2 atom stereocenters. The van der Waals surface area contributed by atoms with Crippen molar-refractivity contribution in [2.45, 2.75) is 32.4 Å². The molecule has 0 radical (unpaired) electrons. The molecule has 0 aromatic heterocycles. The predicted octanol–water partition coefficient (Wildman–Crippen LogP) is 1.08. The number of carboxylic acids is 1. The second-order valence-corrected chi connectivity index (χ2v) is 5.31. The standard InChI is InChI=1S/C11H19NO4S/c1-8(13)17-7-9(11(14)15)6-16-10-4-2-3-5-12-10/h9-10,12H,2-7H2,1H3,(H,14,15). The average molecular weight is 261 g/mol. The van der Waals surface area contributed by atoms with Crippen molar-refractivity contribution in [3.05, 3.63) is 0 Å². The monoisotopic (exact) mass is 261 g/mol. The molecule has 2 unspecified atom stereocenters. The number of carbonyl (C=O) groups is 2. The van der Waals surface area contributed by atoms with E-state index in [1.165, 1.54) is 6.92 Å². The summed E-state index contributed by atoms with van der Waals surface area (Å²) in [4.78, 5) is 21.8. The first-order valence-electron chi connectivity index (χ1n) is 5.80. The maximum atomic E-state index is 11.0. The van der Waals surface area contributed by atoms with E-state index in [1.54, 1.807) is 0 Å². The van der Waals surface area contributed by atoms with Crippen LogP contribution in [0.5, 0.6) is 0 Å². The van der Waals surface area contributed by atoms with E-state index in [4.69, 9.17) is 9.84 Å². The molecule has 1 aliphatic heterocycles. The predicted molar refractivity (Wildman–Crippen MR) is 65.9 cm³/mol. The fraction of sp³-hybridized carbons (Fsp3) is 0.818. The van der Waals surface area contributed by atoms with E-state index in [2.05, 4.69) is 5.32 Å². The molecule has 0 saturated carbocycles. The number of rotatable bonds is 6. The number of hydrogen-bond donors (Lipinski definition) is 2. The lowest BCUT2D eigenvalue weighted by Crippen LogP contribution is -2.38. The third-order valence-corrected chi connectivity index (χ3v) is 3.58. The van der Waals surface area contributed by atoms with Crippen LogP contribution in [0.2, 0.25) is 0 Å². The summed E-state index contributed by atoms with van der Waals surface area (Å²) in [5, 5.41) is 12.1. The van der Waals surface area contributed by atoms with Crippen molar-refractivity contribution in [2.75, 3.05) is 18.9 Å². The van der Waals surface area contributed by atoms with Crippen molar-refractivity contribution in [3.8, 4) is 0 Å². The number of thioether (sulfide) groups is 1. The molecule has 1 saturated heterocycles. The van der Waals surface area contributed by atoms with Crippen LogP contribution in [0.4, 0.5) is 0 Å². The number of nitrogens with one attached hydrogen (secondary N) is 1. The molecule has 1 rings (SSSR count). The minimum absolute atomic E-state index is 0.0343. The molecule has 5 nitrogen and oxygen atoms in total. The fourth-order valence-corrected chi connectivity index (χ4v) is 2.28. The fourth-order valence-electron chi connectivity index (χ4n) is 1.60. The Bertz CT molecular complexity index is 266. The van der Waals surface area contributed by atoms with E-state index >= 15 is 0 Å². The van der Waals surface area contributed by atoms with Gasteiger partial charge in [-0.1, -0.05) is 11.8 Å². The number of carbonyl (C=O) groups excluding carboxylic acids is 1. The van der Waals surface area contributed by atoms with E-state index in [9.17, 15) is 9.59 Å². The summed E-state index contributed by atoms with van der Waals surface area (Å²) >= 11 is 1.03. The minimum atomic E-state index is -0.908. The van der Waals surface area contributed by atoms with Crippen LogP contribution in [0.1, 0.15) is 26.2 Å². The molecule has 0 aliphatic carbocycles. The zero-order chi connectivity index (χ0) is 12.7. The molecule has 1 fully saturated rings. The van der Waals surface area contributed by atoms with Crippen LogP contribution >= 0.6 is 11.8 Å². The normalized spacial score (nSPS) is 22.1.